The summed E-state index contributed by atoms with van der Waals surface area (Å²) in [6, 6.07) is 6.14. The lowest BCUT2D eigenvalue weighted by atomic mass is 10.0. The van der Waals surface area contributed by atoms with E-state index in [-0.39, 0.29) is 37.2 Å². The molecule has 0 unspecified atom stereocenters. The number of carbonyl (C=O) groups excluding carboxylic acids is 2. The number of halogens is 1. The number of carbonyl (C=O) groups is 2. The molecule has 200 valence electrons. The molecule has 0 N–H and O–H groups in total. The predicted molar refractivity (Wildman–Crippen MR) is 141 cm³/mol. The van der Waals surface area contributed by atoms with Crippen LogP contribution in [0.2, 0.25) is 0 Å². The van der Waals surface area contributed by atoms with Crippen molar-refractivity contribution in [2.75, 3.05) is 13.2 Å². The van der Waals surface area contributed by atoms with Crippen LogP contribution in [0.25, 0.3) is 0 Å². The molecule has 0 fully saturated rings. The van der Waals surface area contributed by atoms with Gasteiger partial charge in [0, 0.05) is 19.3 Å². The van der Waals surface area contributed by atoms with Crippen LogP contribution in [0.4, 0.5) is 4.39 Å². The van der Waals surface area contributed by atoms with Crippen LogP contribution in [0.3, 0.4) is 0 Å². The molecular formula is C30H49FO4. The molecule has 5 heteroatoms. The van der Waals surface area contributed by atoms with Crippen molar-refractivity contribution >= 4 is 11.9 Å². The van der Waals surface area contributed by atoms with E-state index >= 15 is 0 Å². The first kappa shape index (κ1) is 31.1. The van der Waals surface area contributed by atoms with Gasteiger partial charge in [-0.25, -0.2) is 4.39 Å². The Morgan fingerprint density at radius 1 is 0.600 bits per heavy atom. The second kappa shape index (κ2) is 22.5. The number of unbranched alkanes of at least 4 members (excludes halogenated alkanes) is 14. The molecule has 0 saturated carbocycles. The maximum Gasteiger partial charge on any atom is 0.305 e. The van der Waals surface area contributed by atoms with Gasteiger partial charge in [-0.15, -0.1) is 0 Å². The lowest BCUT2D eigenvalue weighted by Gasteiger charge is -2.06. The van der Waals surface area contributed by atoms with E-state index in [9.17, 15) is 14.0 Å². The Balaban J connectivity index is 1.80. The fourth-order valence-corrected chi connectivity index (χ4v) is 4.11. The van der Waals surface area contributed by atoms with E-state index in [0.29, 0.717) is 19.4 Å². The van der Waals surface area contributed by atoms with Gasteiger partial charge in [-0.2, -0.15) is 0 Å². The van der Waals surface area contributed by atoms with Crippen molar-refractivity contribution in [1.82, 2.24) is 0 Å². The van der Waals surface area contributed by atoms with Crippen molar-refractivity contribution in [3.05, 3.63) is 35.6 Å². The highest BCUT2D eigenvalue weighted by Crippen LogP contribution is 2.13. The van der Waals surface area contributed by atoms with Gasteiger partial charge in [0.05, 0.1) is 13.2 Å². The van der Waals surface area contributed by atoms with Crippen LogP contribution in [0.15, 0.2) is 24.3 Å². The molecule has 35 heavy (non-hydrogen) atoms. The maximum absolute atomic E-state index is 12.9. The van der Waals surface area contributed by atoms with Crippen LogP contribution in [-0.4, -0.2) is 25.2 Å². The predicted octanol–water partition coefficient (Wildman–Crippen LogP) is 8.50. The van der Waals surface area contributed by atoms with E-state index in [1.807, 2.05) is 0 Å². The van der Waals surface area contributed by atoms with Gasteiger partial charge in [-0.05, 0) is 30.5 Å². The molecule has 1 aromatic rings. The number of benzene rings is 1. The summed E-state index contributed by atoms with van der Waals surface area (Å²) in [5.74, 6) is -0.839. The summed E-state index contributed by atoms with van der Waals surface area (Å²) in [4.78, 5) is 23.5. The van der Waals surface area contributed by atoms with E-state index in [1.54, 1.807) is 12.1 Å². The lowest BCUT2D eigenvalue weighted by molar-refractivity contribution is -0.145. The van der Waals surface area contributed by atoms with Gasteiger partial charge in [-0.1, -0.05) is 109 Å². The Morgan fingerprint density at radius 2 is 1.03 bits per heavy atom. The standard InChI is InChI=1S/C30H49FO4/c1-2-3-4-5-6-7-8-9-10-11-12-13-14-15-16-25-34-29(32)18-17-19-30(33)35-26-24-27-20-22-28(31)23-21-27/h20-23H,2-19,24-26H2,1H3. The Labute approximate surface area is 213 Å². The molecule has 0 aliphatic heterocycles. The smallest absolute Gasteiger partial charge is 0.305 e. The first-order valence-corrected chi connectivity index (χ1v) is 14.2. The molecule has 0 radical (unpaired) electrons. The van der Waals surface area contributed by atoms with E-state index in [4.69, 9.17) is 9.47 Å². The fraction of sp³-hybridized carbons (Fsp3) is 0.733. The van der Waals surface area contributed by atoms with E-state index in [0.717, 1.165) is 18.4 Å². The van der Waals surface area contributed by atoms with Crippen LogP contribution in [-0.2, 0) is 25.5 Å². The molecule has 0 amide bonds. The third kappa shape index (κ3) is 20.0. The van der Waals surface area contributed by atoms with Crippen LogP contribution in [0, 0.1) is 5.82 Å². The third-order valence-electron chi connectivity index (χ3n) is 6.34. The lowest BCUT2D eigenvalue weighted by Crippen LogP contribution is -2.10. The number of hydrogen-bond acceptors (Lipinski definition) is 4. The van der Waals surface area contributed by atoms with Gasteiger partial charge in [0.25, 0.3) is 0 Å². The Bertz CT molecular complexity index is 644. The van der Waals surface area contributed by atoms with E-state index in [2.05, 4.69) is 6.92 Å². The van der Waals surface area contributed by atoms with Crippen molar-refractivity contribution < 1.29 is 23.5 Å². The SMILES string of the molecule is CCCCCCCCCCCCCCCCCOC(=O)CCCC(=O)OCCc1ccc(F)cc1. The Hall–Kier alpha value is -1.91. The summed E-state index contributed by atoms with van der Waals surface area (Å²) in [5, 5.41) is 0. The molecule has 0 aliphatic carbocycles. The largest absolute Gasteiger partial charge is 0.466 e. The summed E-state index contributed by atoms with van der Waals surface area (Å²) < 4.78 is 23.3. The zero-order valence-electron chi connectivity index (χ0n) is 22.2. The molecule has 0 bridgehead atoms. The van der Waals surface area contributed by atoms with Crippen molar-refractivity contribution in [1.29, 1.82) is 0 Å². The summed E-state index contributed by atoms with van der Waals surface area (Å²) in [7, 11) is 0. The van der Waals surface area contributed by atoms with Crippen molar-refractivity contribution in [3.63, 3.8) is 0 Å². The maximum atomic E-state index is 12.9. The minimum absolute atomic E-state index is 0.206. The third-order valence-corrected chi connectivity index (χ3v) is 6.34. The van der Waals surface area contributed by atoms with Gasteiger partial charge in [0.15, 0.2) is 0 Å². The molecule has 1 aromatic carbocycles. The van der Waals surface area contributed by atoms with Gasteiger partial charge in [0.2, 0.25) is 0 Å². The van der Waals surface area contributed by atoms with Gasteiger partial charge in [-0.3, -0.25) is 9.59 Å². The number of rotatable bonds is 23. The molecule has 0 saturated heterocycles. The average Bonchev–Trinajstić information content (AvgIpc) is 2.85. The minimum atomic E-state index is -0.317. The molecule has 0 spiro atoms. The monoisotopic (exact) mass is 492 g/mol. The first-order valence-electron chi connectivity index (χ1n) is 14.2. The van der Waals surface area contributed by atoms with Crippen LogP contribution in [0.1, 0.15) is 128 Å². The number of esters is 2. The second-order valence-corrected chi connectivity index (χ2v) is 9.62. The van der Waals surface area contributed by atoms with Crippen molar-refractivity contribution in [2.45, 2.75) is 129 Å². The average molecular weight is 493 g/mol. The summed E-state index contributed by atoms with van der Waals surface area (Å²) in [5.41, 5.74) is 0.918. The Morgan fingerprint density at radius 3 is 1.51 bits per heavy atom. The van der Waals surface area contributed by atoms with Gasteiger partial charge < -0.3 is 9.47 Å². The number of hydrogen-bond donors (Lipinski definition) is 0. The first-order chi connectivity index (χ1) is 17.1. The van der Waals surface area contributed by atoms with Crippen LogP contribution in [0.5, 0.6) is 0 Å². The highest BCUT2D eigenvalue weighted by atomic mass is 19.1. The van der Waals surface area contributed by atoms with Crippen LogP contribution >= 0.6 is 0 Å². The molecule has 0 aliphatic rings. The summed E-state index contributed by atoms with van der Waals surface area (Å²) >= 11 is 0. The Kier molecular flexibility index (Phi) is 20.0. The fourth-order valence-electron chi connectivity index (χ4n) is 4.11. The van der Waals surface area contributed by atoms with Gasteiger partial charge in [0.1, 0.15) is 5.82 Å². The van der Waals surface area contributed by atoms with Gasteiger partial charge >= 0.3 is 11.9 Å². The van der Waals surface area contributed by atoms with Crippen molar-refractivity contribution in [3.8, 4) is 0 Å². The highest BCUT2D eigenvalue weighted by Gasteiger charge is 2.07. The molecular weight excluding hydrogens is 443 g/mol. The molecule has 0 heterocycles. The van der Waals surface area contributed by atoms with Crippen LogP contribution < -0.4 is 0 Å². The minimum Gasteiger partial charge on any atom is -0.466 e. The molecule has 0 atom stereocenters. The highest BCUT2D eigenvalue weighted by molar-refractivity contribution is 5.72. The summed E-state index contributed by atoms with van der Waals surface area (Å²) in [6.45, 7) is 3.00. The molecule has 1 rings (SSSR count). The second-order valence-electron chi connectivity index (χ2n) is 9.62. The quantitative estimate of drug-likeness (QED) is 0.113. The molecule has 0 aromatic heterocycles. The van der Waals surface area contributed by atoms with Crippen molar-refractivity contribution in [2.24, 2.45) is 0 Å². The topological polar surface area (TPSA) is 52.6 Å². The van der Waals surface area contributed by atoms with E-state index in [1.165, 1.54) is 95.6 Å². The normalized spacial score (nSPS) is 10.9. The van der Waals surface area contributed by atoms with E-state index < -0.39 is 0 Å². The molecule has 4 nitrogen and oxygen atoms in total. The zero-order valence-corrected chi connectivity index (χ0v) is 22.2. The number of ether oxygens (including phenoxy) is 2. The zero-order chi connectivity index (χ0) is 25.4. The summed E-state index contributed by atoms with van der Waals surface area (Å²) in [6.07, 6.45) is 21.1.